The number of esters is 2. The fourth-order valence-electron chi connectivity index (χ4n) is 1.68. The smallest absolute Gasteiger partial charge is 0.347 e. The Labute approximate surface area is 131 Å². The number of ether oxygens (including phenoxy) is 3. The summed E-state index contributed by atoms with van der Waals surface area (Å²) in [6.07, 6.45) is 1.28. The Hall–Kier alpha value is -2.50. The van der Waals surface area contributed by atoms with Gasteiger partial charge in [0.2, 0.25) is 0 Å². The minimum atomic E-state index is -0.729. The van der Waals surface area contributed by atoms with Crippen LogP contribution in [0.3, 0.4) is 0 Å². The molecule has 0 spiro atoms. The van der Waals surface area contributed by atoms with E-state index in [9.17, 15) is 9.59 Å². The van der Waals surface area contributed by atoms with E-state index in [0.717, 1.165) is 5.56 Å². The van der Waals surface area contributed by atoms with Crippen molar-refractivity contribution in [1.29, 1.82) is 0 Å². The van der Waals surface area contributed by atoms with Crippen molar-refractivity contribution in [2.24, 2.45) is 0 Å². The summed E-state index contributed by atoms with van der Waals surface area (Å²) in [6.45, 7) is 5.60. The quantitative estimate of drug-likeness (QED) is 0.361. The van der Waals surface area contributed by atoms with E-state index >= 15 is 0 Å². The van der Waals surface area contributed by atoms with Crippen molar-refractivity contribution in [3.05, 3.63) is 35.5 Å². The van der Waals surface area contributed by atoms with Crippen molar-refractivity contribution >= 4 is 17.6 Å². The van der Waals surface area contributed by atoms with Crippen molar-refractivity contribution in [1.82, 2.24) is 0 Å². The highest BCUT2D eigenvalue weighted by Crippen LogP contribution is 2.22. The highest BCUT2D eigenvalue weighted by Gasteiger charge is 2.20. The Morgan fingerprint density at radius 3 is 2.27 bits per heavy atom. The van der Waals surface area contributed by atoms with E-state index < -0.39 is 11.9 Å². The highest BCUT2D eigenvalue weighted by molar-refractivity contribution is 6.14. The first-order valence-electron chi connectivity index (χ1n) is 6.99. The molecule has 0 atom stereocenters. The first kappa shape index (κ1) is 17.6. The van der Waals surface area contributed by atoms with Gasteiger partial charge in [0.15, 0.2) is 5.57 Å². The van der Waals surface area contributed by atoms with Crippen LogP contribution in [0.4, 0.5) is 5.69 Å². The summed E-state index contributed by atoms with van der Waals surface area (Å²) in [5.41, 5.74) is 1.46. The van der Waals surface area contributed by atoms with Crippen LogP contribution < -0.4 is 10.1 Å². The molecule has 1 aromatic rings. The lowest BCUT2D eigenvalue weighted by molar-refractivity contribution is -0.146. The van der Waals surface area contributed by atoms with Crippen LogP contribution in [0, 0.1) is 6.92 Å². The second-order valence-electron chi connectivity index (χ2n) is 4.33. The molecular weight excluding hydrogens is 286 g/mol. The van der Waals surface area contributed by atoms with Crippen molar-refractivity contribution in [2.75, 3.05) is 25.6 Å². The summed E-state index contributed by atoms with van der Waals surface area (Å²) >= 11 is 0. The van der Waals surface area contributed by atoms with Gasteiger partial charge in [-0.2, -0.15) is 0 Å². The molecule has 1 rings (SSSR count). The molecule has 0 aliphatic rings. The molecule has 0 aliphatic carbocycles. The Morgan fingerprint density at radius 2 is 1.77 bits per heavy atom. The molecule has 0 fully saturated rings. The molecule has 1 aromatic carbocycles. The minimum Gasteiger partial charge on any atom is -0.496 e. The van der Waals surface area contributed by atoms with Crippen LogP contribution in [0.15, 0.2) is 30.0 Å². The third-order valence-corrected chi connectivity index (χ3v) is 2.78. The van der Waals surface area contributed by atoms with E-state index in [1.165, 1.54) is 6.20 Å². The van der Waals surface area contributed by atoms with E-state index in [4.69, 9.17) is 14.2 Å². The van der Waals surface area contributed by atoms with Crippen LogP contribution in [-0.2, 0) is 19.1 Å². The second kappa shape index (κ2) is 8.71. The Kier molecular flexibility index (Phi) is 6.95. The molecule has 6 heteroatoms. The molecule has 0 heterocycles. The summed E-state index contributed by atoms with van der Waals surface area (Å²) in [7, 11) is 1.57. The van der Waals surface area contributed by atoms with Gasteiger partial charge >= 0.3 is 11.9 Å². The molecule has 0 saturated carbocycles. The lowest BCUT2D eigenvalue weighted by Gasteiger charge is -2.09. The molecule has 22 heavy (non-hydrogen) atoms. The molecule has 0 saturated heterocycles. The maximum atomic E-state index is 11.8. The topological polar surface area (TPSA) is 73.9 Å². The number of methoxy groups -OCH3 is 1. The zero-order valence-electron chi connectivity index (χ0n) is 13.3. The third kappa shape index (κ3) is 4.80. The van der Waals surface area contributed by atoms with Gasteiger partial charge in [-0.1, -0.05) is 6.07 Å². The maximum Gasteiger partial charge on any atom is 0.347 e. The maximum absolute atomic E-state index is 11.8. The van der Waals surface area contributed by atoms with Crippen LogP contribution in [0.2, 0.25) is 0 Å². The largest absolute Gasteiger partial charge is 0.496 e. The van der Waals surface area contributed by atoms with E-state index in [1.807, 2.05) is 19.1 Å². The van der Waals surface area contributed by atoms with Gasteiger partial charge < -0.3 is 19.5 Å². The molecule has 0 radical (unpaired) electrons. The van der Waals surface area contributed by atoms with Crippen LogP contribution in [0.5, 0.6) is 5.75 Å². The van der Waals surface area contributed by atoms with Crippen molar-refractivity contribution < 1.29 is 25.2 Å². The van der Waals surface area contributed by atoms with Gasteiger partial charge in [-0.15, -0.1) is 0 Å². The molecular formula is C16H23NO5. The lowest BCUT2D eigenvalue weighted by Crippen LogP contribution is -2.19. The number of anilines is 1. The fourth-order valence-corrected chi connectivity index (χ4v) is 1.68. The van der Waals surface area contributed by atoms with Gasteiger partial charge in [-0.25, -0.2) is 9.59 Å². The zero-order valence-corrected chi connectivity index (χ0v) is 13.3. The molecule has 0 amide bonds. The van der Waals surface area contributed by atoms with Crippen LogP contribution in [0.25, 0.3) is 0 Å². The van der Waals surface area contributed by atoms with Gasteiger partial charge in [-0.05, 0) is 32.4 Å². The summed E-state index contributed by atoms with van der Waals surface area (Å²) in [5.74, 6) is -0.757. The third-order valence-electron chi connectivity index (χ3n) is 2.78. The molecule has 6 nitrogen and oxygen atoms in total. The molecule has 1 N–H and O–H groups in total. The molecule has 122 valence electrons. The first-order valence-corrected chi connectivity index (χ1v) is 6.99. The van der Waals surface area contributed by atoms with Crippen LogP contribution >= 0.6 is 0 Å². The Balaban J connectivity index is 0.00000484. The van der Waals surface area contributed by atoms with Gasteiger partial charge in [0.25, 0.3) is 0 Å². The minimum absolute atomic E-state index is 0. The number of hydrogen-bond acceptors (Lipinski definition) is 6. The number of carbonyl (C=O) groups is 2. The Morgan fingerprint density at radius 1 is 1.18 bits per heavy atom. The number of carbonyl (C=O) groups excluding carboxylic acids is 2. The SMILES string of the molecule is CCOC(=O)C(=CNc1ccc(C)c(OC)c1)C(=O)OCC.[HH]. The lowest BCUT2D eigenvalue weighted by atomic mass is 10.2. The standard InChI is InChI=1S/C16H21NO5.H2/c1-5-21-15(18)13(16(19)22-6-2)10-17-12-8-7-11(3)14(9-12)20-4;/h7-10,17H,5-6H2,1-4H3;1H. The van der Waals surface area contributed by atoms with Gasteiger partial charge in [0, 0.05) is 19.4 Å². The Bertz CT molecular complexity index is 552. The second-order valence-corrected chi connectivity index (χ2v) is 4.33. The normalized spacial score (nSPS) is 9.64. The van der Waals surface area contributed by atoms with Crippen molar-refractivity contribution in [2.45, 2.75) is 20.8 Å². The zero-order chi connectivity index (χ0) is 16.5. The number of rotatable bonds is 7. The van der Waals surface area contributed by atoms with Gasteiger partial charge in [0.1, 0.15) is 5.75 Å². The summed E-state index contributed by atoms with van der Waals surface area (Å²) < 4.78 is 14.9. The van der Waals surface area contributed by atoms with E-state index in [2.05, 4.69) is 5.32 Å². The molecule has 0 aromatic heterocycles. The average molecular weight is 309 g/mol. The van der Waals surface area contributed by atoms with E-state index in [1.54, 1.807) is 27.0 Å². The number of aryl methyl sites for hydroxylation is 1. The average Bonchev–Trinajstić information content (AvgIpc) is 2.49. The molecule has 0 unspecified atom stereocenters. The predicted octanol–water partition coefficient (Wildman–Crippen LogP) is 2.67. The number of benzene rings is 1. The summed E-state index contributed by atoms with van der Waals surface area (Å²) in [5, 5.41) is 2.88. The van der Waals surface area contributed by atoms with E-state index in [-0.39, 0.29) is 20.2 Å². The monoisotopic (exact) mass is 309 g/mol. The fraction of sp³-hybridized carbons (Fsp3) is 0.375. The van der Waals surface area contributed by atoms with Crippen LogP contribution in [0.1, 0.15) is 20.8 Å². The first-order chi connectivity index (χ1) is 10.5. The van der Waals surface area contributed by atoms with Crippen molar-refractivity contribution in [3.63, 3.8) is 0 Å². The summed E-state index contributed by atoms with van der Waals surface area (Å²) in [4.78, 5) is 23.6. The molecule has 0 aliphatic heterocycles. The van der Waals surface area contributed by atoms with Crippen LogP contribution in [-0.4, -0.2) is 32.3 Å². The van der Waals surface area contributed by atoms with E-state index in [0.29, 0.717) is 11.4 Å². The highest BCUT2D eigenvalue weighted by atomic mass is 16.6. The predicted molar refractivity (Wildman–Crippen MR) is 84.8 cm³/mol. The van der Waals surface area contributed by atoms with Crippen molar-refractivity contribution in [3.8, 4) is 5.75 Å². The number of hydrogen-bond donors (Lipinski definition) is 1. The van der Waals surface area contributed by atoms with Gasteiger partial charge in [-0.3, -0.25) is 0 Å². The molecule has 0 bridgehead atoms. The van der Waals surface area contributed by atoms with Gasteiger partial charge in [0.05, 0.1) is 20.3 Å². The number of nitrogens with one attached hydrogen (secondary N) is 1. The summed E-state index contributed by atoms with van der Waals surface area (Å²) in [6, 6.07) is 5.44.